The van der Waals surface area contributed by atoms with E-state index in [2.05, 4.69) is 25.7 Å². The second-order valence-corrected chi connectivity index (χ2v) is 7.21. The van der Waals surface area contributed by atoms with Crippen molar-refractivity contribution in [3.8, 4) is 17.0 Å². The Kier molecular flexibility index (Phi) is 6.08. The van der Waals surface area contributed by atoms with E-state index in [4.69, 9.17) is 4.74 Å². The van der Waals surface area contributed by atoms with Crippen molar-refractivity contribution in [2.75, 3.05) is 35.7 Å². The molecule has 1 aliphatic heterocycles. The lowest BCUT2D eigenvalue weighted by Crippen LogP contribution is -2.30. The molecular weight excluding hydrogens is 378 g/mol. The summed E-state index contributed by atoms with van der Waals surface area (Å²) in [5, 5.41) is 14.4. The van der Waals surface area contributed by atoms with Crippen molar-refractivity contribution in [3.63, 3.8) is 0 Å². The van der Waals surface area contributed by atoms with E-state index in [1.54, 1.807) is 31.4 Å². The first kappa shape index (κ1) is 19.7. The van der Waals surface area contributed by atoms with Crippen LogP contribution in [-0.2, 0) is 0 Å². The number of nitrogens with one attached hydrogen (secondary N) is 2. The number of rotatable bonds is 5. The maximum absolute atomic E-state index is 12.2. The Hall–Kier alpha value is -3.61. The zero-order valence-electron chi connectivity index (χ0n) is 17.0. The van der Waals surface area contributed by atoms with E-state index in [9.17, 15) is 4.79 Å². The van der Waals surface area contributed by atoms with Crippen molar-refractivity contribution in [1.29, 1.82) is 0 Å². The number of amides is 2. The van der Waals surface area contributed by atoms with Crippen molar-refractivity contribution in [2.45, 2.75) is 19.3 Å². The van der Waals surface area contributed by atoms with E-state index in [-0.39, 0.29) is 6.03 Å². The lowest BCUT2D eigenvalue weighted by atomic mass is 10.1. The van der Waals surface area contributed by atoms with Crippen LogP contribution in [0, 0.1) is 0 Å². The molecule has 30 heavy (non-hydrogen) atoms. The summed E-state index contributed by atoms with van der Waals surface area (Å²) in [6.45, 7) is 2.10. The summed E-state index contributed by atoms with van der Waals surface area (Å²) >= 11 is 0. The Morgan fingerprint density at radius 1 is 0.833 bits per heavy atom. The number of hydrogen-bond donors (Lipinski definition) is 2. The maximum Gasteiger partial charge on any atom is 0.323 e. The summed E-state index contributed by atoms with van der Waals surface area (Å²) in [5.41, 5.74) is 3.15. The van der Waals surface area contributed by atoms with Gasteiger partial charge in [0.1, 0.15) is 5.75 Å². The van der Waals surface area contributed by atoms with Gasteiger partial charge in [-0.3, -0.25) is 0 Å². The predicted molar refractivity (Wildman–Crippen MR) is 119 cm³/mol. The molecule has 2 heterocycles. The third-order valence-corrected chi connectivity index (χ3v) is 5.12. The highest BCUT2D eigenvalue weighted by molar-refractivity contribution is 5.99. The number of benzene rings is 2. The summed E-state index contributed by atoms with van der Waals surface area (Å²) in [5.74, 6) is 1.68. The van der Waals surface area contributed by atoms with Crippen LogP contribution in [0.2, 0.25) is 0 Å². The maximum atomic E-state index is 12.2. The van der Waals surface area contributed by atoms with Gasteiger partial charge in [-0.05, 0) is 67.8 Å². The summed E-state index contributed by atoms with van der Waals surface area (Å²) in [6.07, 6.45) is 3.72. The number of urea groups is 1. The summed E-state index contributed by atoms with van der Waals surface area (Å²) in [6, 6.07) is 18.4. The van der Waals surface area contributed by atoms with Gasteiger partial charge >= 0.3 is 6.03 Å². The Labute approximate surface area is 176 Å². The molecule has 0 spiro atoms. The topological polar surface area (TPSA) is 79.4 Å². The van der Waals surface area contributed by atoms with Crippen molar-refractivity contribution in [3.05, 3.63) is 60.7 Å². The van der Waals surface area contributed by atoms with Gasteiger partial charge in [-0.1, -0.05) is 12.1 Å². The van der Waals surface area contributed by atoms with E-state index in [1.807, 2.05) is 36.4 Å². The molecule has 1 aliphatic rings. The smallest absolute Gasteiger partial charge is 0.323 e. The Balaban J connectivity index is 1.35. The quantitative estimate of drug-likeness (QED) is 0.640. The molecule has 7 nitrogen and oxygen atoms in total. The van der Waals surface area contributed by atoms with Gasteiger partial charge in [-0.25, -0.2) is 4.79 Å². The monoisotopic (exact) mass is 403 g/mol. The highest BCUT2D eigenvalue weighted by Crippen LogP contribution is 2.22. The van der Waals surface area contributed by atoms with E-state index in [1.165, 1.54) is 19.3 Å². The molecule has 1 fully saturated rings. The molecule has 0 bridgehead atoms. The van der Waals surface area contributed by atoms with Crippen LogP contribution in [0.1, 0.15) is 19.3 Å². The average molecular weight is 403 g/mol. The van der Waals surface area contributed by atoms with Crippen molar-refractivity contribution in [1.82, 2.24) is 10.2 Å². The Bertz CT molecular complexity index is 966. The highest BCUT2D eigenvalue weighted by atomic mass is 16.5. The van der Waals surface area contributed by atoms with Crippen molar-refractivity contribution >= 4 is 23.2 Å². The van der Waals surface area contributed by atoms with Crippen LogP contribution in [-0.4, -0.2) is 36.4 Å². The second kappa shape index (κ2) is 9.26. The molecule has 1 saturated heterocycles. The molecule has 0 aliphatic carbocycles. The molecule has 4 rings (SSSR count). The van der Waals surface area contributed by atoms with Crippen LogP contribution < -0.4 is 20.3 Å². The van der Waals surface area contributed by atoms with E-state index < -0.39 is 0 Å². The molecule has 0 atom stereocenters. The fourth-order valence-electron chi connectivity index (χ4n) is 3.46. The van der Waals surface area contributed by atoms with E-state index >= 15 is 0 Å². The van der Waals surface area contributed by atoms with Gasteiger partial charge in [-0.2, -0.15) is 0 Å². The first-order valence-electron chi connectivity index (χ1n) is 10.1. The first-order valence-corrected chi connectivity index (χ1v) is 10.1. The summed E-state index contributed by atoms with van der Waals surface area (Å²) in [7, 11) is 1.60. The summed E-state index contributed by atoms with van der Waals surface area (Å²) in [4.78, 5) is 14.5. The largest absolute Gasteiger partial charge is 0.497 e. The number of hydrogen-bond acceptors (Lipinski definition) is 5. The molecule has 2 aromatic carbocycles. The van der Waals surface area contributed by atoms with Gasteiger partial charge < -0.3 is 20.3 Å². The normalized spacial score (nSPS) is 13.6. The van der Waals surface area contributed by atoms with Crippen LogP contribution in [0.15, 0.2) is 60.7 Å². The summed E-state index contributed by atoms with van der Waals surface area (Å²) < 4.78 is 5.11. The molecule has 2 N–H and O–H groups in total. The number of nitrogens with zero attached hydrogens (tertiary/aromatic N) is 3. The lowest BCUT2D eigenvalue weighted by Gasteiger charge is -2.27. The number of anilines is 3. The fraction of sp³-hybridized carbons (Fsp3) is 0.261. The minimum atomic E-state index is -0.307. The van der Waals surface area contributed by atoms with Crippen LogP contribution >= 0.6 is 0 Å². The minimum absolute atomic E-state index is 0.307. The van der Waals surface area contributed by atoms with E-state index in [0.29, 0.717) is 11.4 Å². The van der Waals surface area contributed by atoms with Gasteiger partial charge in [0.15, 0.2) is 5.82 Å². The Morgan fingerprint density at radius 3 is 2.03 bits per heavy atom. The van der Waals surface area contributed by atoms with E-state index in [0.717, 1.165) is 35.9 Å². The molecule has 0 saturated carbocycles. The van der Waals surface area contributed by atoms with Gasteiger partial charge in [0.25, 0.3) is 0 Å². The fourth-order valence-corrected chi connectivity index (χ4v) is 3.46. The number of carbonyl (C=O) groups is 1. The molecule has 154 valence electrons. The third-order valence-electron chi connectivity index (χ3n) is 5.12. The standard InChI is InChI=1S/C23H25N5O2/c1-30-20-11-9-19(10-12-20)25-23(29)24-18-7-5-17(6-8-18)21-13-14-22(27-26-21)28-15-3-2-4-16-28/h5-14H,2-4,15-16H2,1H3,(H2,24,25,29). The molecule has 0 unspecified atom stereocenters. The van der Waals surface area contributed by atoms with Gasteiger partial charge in [-0.15, -0.1) is 10.2 Å². The molecule has 3 aromatic rings. The van der Waals surface area contributed by atoms with Gasteiger partial charge in [0.2, 0.25) is 0 Å². The second-order valence-electron chi connectivity index (χ2n) is 7.21. The number of aromatic nitrogens is 2. The molecule has 7 heteroatoms. The predicted octanol–water partition coefficient (Wildman–Crippen LogP) is 4.79. The lowest BCUT2D eigenvalue weighted by molar-refractivity contribution is 0.262. The minimum Gasteiger partial charge on any atom is -0.497 e. The third kappa shape index (κ3) is 4.86. The molecule has 2 amide bonds. The molecule has 1 aromatic heterocycles. The molecular formula is C23H25N5O2. The van der Waals surface area contributed by atoms with Crippen LogP contribution in [0.3, 0.4) is 0 Å². The number of methoxy groups -OCH3 is 1. The molecule has 0 radical (unpaired) electrons. The van der Waals surface area contributed by atoms with Crippen molar-refractivity contribution < 1.29 is 9.53 Å². The van der Waals surface area contributed by atoms with Crippen LogP contribution in [0.4, 0.5) is 22.0 Å². The SMILES string of the molecule is COc1ccc(NC(=O)Nc2ccc(-c3ccc(N4CCCCC4)nn3)cc2)cc1. The highest BCUT2D eigenvalue weighted by Gasteiger charge is 2.12. The first-order chi connectivity index (χ1) is 14.7. The average Bonchev–Trinajstić information content (AvgIpc) is 2.81. The van der Waals surface area contributed by atoms with Crippen LogP contribution in [0.25, 0.3) is 11.3 Å². The zero-order valence-corrected chi connectivity index (χ0v) is 17.0. The van der Waals surface area contributed by atoms with Crippen LogP contribution in [0.5, 0.6) is 5.75 Å². The van der Waals surface area contributed by atoms with Gasteiger partial charge in [0, 0.05) is 30.0 Å². The number of piperidine rings is 1. The number of carbonyl (C=O) groups excluding carboxylic acids is 1. The van der Waals surface area contributed by atoms with Gasteiger partial charge in [0.05, 0.1) is 12.8 Å². The zero-order chi connectivity index (χ0) is 20.8. The Morgan fingerprint density at radius 2 is 1.47 bits per heavy atom. The number of ether oxygens (including phenoxy) is 1. The van der Waals surface area contributed by atoms with Crippen molar-refractivity contribution in [2.24, 2.45) is 0 Å².